The van der Waals surface area contributed by atoms with E-state index >= 15 is 0 Å². The van der Waals surface area contributed by atoms with Crippen molar-refractivity contribution in [2.45, 2.75) is 51.5 Å². The first kappa shape index (κ1) is 12.0. The molecule has 4 fully saturated rings. The van der Waals surface area contributed by atoms with Gasteiger partial charge in [-0.05, 0) is 81.1 Å². The molecule has 4 aliphatic carbocycles. The molecule has 0 radical (unpaired) electrons. The van der Waals surface area contributed by atoms with E-state index in [9.17, 15) is 0 Å². The monoisotopic (exact) mass is 259 g/mol. The van der Waals surface area contributed by atoms with Gasteiger partial charge in [0.05, 0.1) is 6.26 Å². The predicted octanol–water partition coefficient (Wildman–Crippen LogP) is 4.05. The van der Waals surface area contributed by atoms with Crippen LogP contribution in [-0.2, 0) is 0 Å². The molecule has 4 aliphatic rings. The van der Waals surface area contributed by atoms with Crippen LogP contribution in [0, 0.1) is 36.5 Å². The maximum Gasteiger partial charge on any atom is 0.105 e. The van der Waals surface area contributed by atoms with Crippen molar-refractivity contribution in [1.82, 2.24) is 0 Å². The summed E-state index contributed by atoms with van der Waals surface area (Å²) in [4.78, 5) is 0. The van der Waals surface area contributed by atoms with E-state index in [1.165, 1.54) is 44.1 Å². The topological polar surface area (TPSA) is 39.2 Å². The van der Waals surface area contributed by atoms with E-state index in [1.54, 1.807) is 6.26 Å². The van der Waals surface area contributed by atoms with Gasteiger partial charge in [0.15, 0.2) is 0 Å². The van der Waals surface area contributed by atoms with Crippen molar-refractivity contribution in [1.29, 1.82) is 0 Å². The smallest absolute Gasteiger partial charge is 0.105 e. The molecular weight excluding hydrogens is 234 g/mol. The quantitative estimate of drug-likeness (QED) is 0.889. The maximum atomic E-state index is 6.46. The highest BCUT2D eigenvalue weighted by Gasteiger charge is 2.48. The fourth-order valence-electron chi connectivity index (χ4n) is 5.62. The van der Waals surface area contributed by atoms with Crippen LogP contribution in [0.5, 0.6) is 0 Å². The van der Waals surface area contributed by atoms with E-state index in [0.717, 1.165) is 35.3 Å². The van der Waals surface area contributed by atoms with Gasteiger partial charge in [-0.1, -0.05) is 0 Å². The summed E-state index contributed by atoms with van der Waals surface area (Å²) < 4.78 is 5.41. The van der Waals surface area contributed by atoms with E-state index in [0.29, 0.717) is 0 Å². The van der Waals surface area contributed by atoms with Crippen molar-refractivity contribution < 1.29 is 4.42 Å². The summed E-state index contributed by atoms with van der Waals surface area (Å²) in [6, 6.07) is 2.25. The first-order chi connectivity index (χ1) is 9.20. The van der Waals surface area contributed by atoms with Gasteiger partial charge in [0.1, 0.15) is 5.76 Å². The highest BCUT2D eigenvalue weighted by atomic mass is 16.3. The maximum absolute atomic E-state index is 6.46. The third-order valence-electron chi connectivity index (χ3n) is 6.25. The van der Waals surface area contributed by atoms with Crippen LogP contribution >= 0.6 is 0 Å². The largest absolute Gasteiger partial charge is 0.469 e. The molecule has 2 nitrogen and oxygen atoms in total. The molecule has 0 spiro atoms. The Labute approximate surface area is 115 Å². The lowest BCUT2D eigenvalue weighted by atomic mass is 9.51. The number of rotatable bonds is 3. The third-order valence-corrected chi connectivity index (χ3v) is 6.25. The van der Waals surface area contributed by atoms with Crippen LogP contribution in [0.3, 0.4) is 0 Å². The van der Waals surface area contributed by atoms with Crippen LogP contribution in [-0.4, -0.2) is 0 Å². The Morgan fingerprint density at radius 3 is 2.32 bits per heavy atom. The van der Waals surface area contributed by atoms with Crippen molar-refractivity contribution in [2.75, 3.05) is 0 Å². The summed E-state index contributed by atoms with van der Waals surface area (Å²) in [5.41, 5.74) is 7.69. The van der Waals surface area contributed by atoms with Crippen molar-refractivity contribution in [2.24, 2.45) is 35.3 Å². The Bertz CT molecular complexity index is 436. The minimum absolute atomic E-state index is 0.182. The molecule has 1 aromatic rings. The Balaban J connectivity index is 1.50. The second kappa shape index (κ2) is 4.37. The van der Waals surface area contributed by atoms with Gasteiger partial charge in [-0.3, -0.25) is 0 Å². The average Bonchev–Trinajstić information content (AvgIpc) is 2.79. The van der Waals surface area contributed by atoms with E-state index in [-0.39, 0.29) is 6.04 Å². The Morgan fingerprint density at radius 2 is 1.79 bits per heavy atom. The molecule has 1 atom stereocenters. The summed E-state index contributed by atoms with van der Waals surface area (Å²) in [5.74, 6) is 5.98. The summed E-state index contributed by atoms with van der Waals surface area (Å²) in [6.07, 6.45) is 10.5. The highest BCUT2D eigenvalue weighted by molar-refractivity contribution is 5.20. The van der Waals surface area contributed by atoms with E-state index in [4.69, 9.17) is 10.2 Å². The first-order valence-electron chi connectivity index (χ1n) is 8.00. The van der Waals surface area contributed by atoms with Gasteiger partial charge in [0.25, 0.3) is 0 Å². The second-order valence-electron chi connectivity index (χ2n) is 7.37. The number of furan rings is 1. The van der Waals surface area contributed by atoms with Gasteiger partial charge in [-0.15, -0.1) is 0 Å². The molecule has 19 heavy (non-hydrogen) atoms. The van der Waals surface area contributed by atoms with Gasteiger partial charge < -0.3 is 10.2 Å². The molecule has 1 aromatic heterocycles. The SMILES string of the molecule is Cc1occc1C(N)CC1C2CC3CC(C2)CC1C3. The van der Waals surface area contributed by atoms with Gasteiger partial charge in [-0.2, -0.15) is 0 Å². The van der Waals surface area contributed by atoms with Gasteiger partial charge >= 0.3 is 0 Å². The van der Waals surface area contributed by atoms with Crippen LogP contribution in [0.15, 0.2) is 16.7 Å². The van der Waals surface area contributed by atoms with Crippen LogP contribution in [0.25, 0.3) is 0 Å². The van der Waals surface area contributed by atoms with Crippen molar-refractivity contribution >= 4 is 0 Å². The summed E-state index contributed by atoms with van der Waals surface area (Å²) in [6.45, 7) is 2.03. The minimum atomic E-state index is 0.182. The molecule has 4 saturated carbocycles. The number of aryl methyl sites for hydroxylation is 1. The fraction of sp³-hybridized carbons (Fsp3) is 0.765. The zero-order valence-corrected chi connectivity index (χ0v) is 11.8. The molecule has 0 amide bonds. The molecule has 1 unspecified atom stereocenters. The summed E-state index contributed by atoms with van der Waals surface area (Å²) in [7, 11) is 0. The van der Waals surface area contributed by atoms with Gasteiger partial charge in [0.2, 0.25) is 0 Å². The lowest BCUT2D eigenvalue weighted by Crippen LogP contribution is -2.45. The molecular formula is C17H25NO. The van der Waals surface area contributed by atoms with E-state index < -0.39 is 0 Å². The average molecular weight is 259 g/mol. The molecule has 0 saturated heterocycles. The van der Waals surface area contributed by atoms with Crippen molar-refractivity contribution in [3.63, 3.8) is 0 Å². The molecule has 0 aliphatic heterocycles. The lowest BCUT2D eigenvalue weighted by Gasteiger charge is -2.55. The number of nitrogens with two attached hydrogens (primary N) is 1. The molecule has 5 rings (SSSR count). The summed E-state index contributed by atoms with van der Waals surface area (Å²) in [5, 5.41) is 0. The Hall–Kier alpha value is -0.760. The molecule has 2 N–H and O–H groups in total. The number of hydrogen-bond donors (Lipinski definition) is 1. The minimum Gasteiger partial charge on any atom is -0.469 e. The van der Waals surface area contributed by atoms with E-state index in [1.807, 2.05) is 6.92 Å². The Kier molecular flexibility index (Phi) is 2.77. The second-order valence-corrected chi connectivity index (χ2v) is 7.37. The molecule has 4 bridgehead atoms. The van der Waals surface area contributed by atoms with Crippen LogP contribution < -0.4 is 5.73 Å². The van der Waals surface area contributed by atoms with Gasteiger partial charge in [0, 0.05) is 11.6 Å². The molecule has 104 valence electrons. The zero-order chi connectivity index (χ0) is 13.0. The van der Waals surface area contributed by atoms with Gasteiger partial charge in [-0.25, -0.2) is 0 Å². The Morgan fingerprint density at radius 1 is 1.16 bits per heavy atom. The summed E-state index contributed by atoms with van der Waals surface area (Å²) >= 11 is 0. The first-order valence-corrected chi connectivity index (χ1v) is 8.00. The number of hydrogen-bond acceptors (Lipinski definition) is 2. The van der Waals surface area contributed by atoms with Crippen LogP contribution in [0.4, 0.5) is 0 Å². The highest BCUT2D eigenvalue weighted by Crippen LogP contribution is 2.58. The zero-order valence-electron chi connectivity index (χ0n) is 11.8. The van der Waals surface area contributed by atoms with Crippen LogP contribution in [0.1, 0.15) is 55.9 Å². The standard InChI is InChI=1S/C17H25NO/c1-10-15(2-3-19-10)17(18)9-16-13-5-11-4-12(7-13)8-14(16)6-11/h2-3,11-14,16-17H,4-9,18H2,1H3. The normalized spacial score (nSPS) is 41.7. The molecule has 1 heterocycles. The van der Waals surface area contributed by atoms with Crippen molar-refractivity contribution in [3.05, 3.63) is 23.7 Å². The van der Waals surface area contributed by atoms with Crippen LogP contribution in [0.2, 0.25) is 0 Å². The van der Waals surface area contributed by atoms with E-state index in [2.05, 4.69) is 6.07 Å². The predicted molar refractivity (Wildman–Crippen MR) is 75.5 cm³/mol. The molecule has 2 heteroatoms. The fourth-order valence-corrected chi connectivity index (χ4v) is 5.62. The van der Waals surface area contributed by atoms with Crippen molar-refractivity contribution in [3.8, 4) is 0 Å². The third kappa shape index (κ3) is 1.96. The lowest BCUT2D eigenvalue weighted by molar-refractivity contribution is -0.0421. The molecule has 0 aromatic carbocycles.